The molecular weight excluding hydrogens is 360 g/mol. The number of anilines is 2. The summed E-state index contributed by atoms with van der Waals surface area (Å²) in [5, 5.41) is 0. The molecule has 0 amide bonds. The second-order valence-corrected chi connectivity index (χ2v) is 8.88. The van der Waals surface area contributed by atoms with E-state index in [1.54, 1.807) is 8.61 Å². The predicted molar refractivity (Wildman–Crippen MR) is 109 cm³/mol. The molecule has 0 atom stereocenters. The van der Waals surface area contributed by atoms with Crippen molar-refractivity contribution in [2.24, 2.45) is 0 Å². The maximum Gasteiger partial charge on any atom is 0.282 e. The second-order valence-electron chi connectivity index (χ2n) is 6.95. The van der Waals surface area contributed by atoms with Gasteiger partial charge in [0.15, 0.2) is 0 Å². The Morgan fingerprint density at radius 2 is 0.852 bits per heavy atom. The molecule has 6 nitrogen and oxygen atoms in total. The van der Waals surface area contributed by atoms with Gasteiger partial charge in [-0.2, -0.15) is 17.0 Å². The number of nitrogens with zero attached hydrogens (tertiary/aromatic N) is 4. The van der Waals surface area contributed by atoms with Gasteiger partial charge in [-0.1, -0.05) is 36.4 Å². The van der Waals surface area contributed by atoms with Gasteiger partial charge in [0.25, 0.3) is 10.2 Å². The number of piperazine rings is 2. The molecule has 0 spiro atoms. The highest BCUT2D eigenvalue weighted by Crippen LogP contribution is 2.21. The molecule has 7 heteroatoms. The van der Waals surface area contributed by atoms with Crippen LogP contribution >= 0.6 is 0 Å². The van der Waals surface area contributed by atoms with Gasteiger partial charge in [-0.3, -0.25) is 0 Å². The van der Waals surface area contributed by atoms with E-state index in [0.717, 1.165) is 37.6 Å². The van der Waals surface area contributed by atoms with E-state index >= 15 is 0 Å². The maximum absolute atomic E-state index is 13.0. The van der Waals surface area contributed by atoms with Crippen LogP contribution in [0.15, 0.2) is 60.7 Å². The van der Waals surface area contributed by atoms with Gasteiger partial charge in [-0.25, -0.2) is 0 Å². The third-order valence-corrected chi connectivity index (χ3v) is 7.41. The van der Waals surface area contributed by atoms with Gasteiger partial charge in [-0.15, -0.1) is 0 Å². The van der Waals surface area contributed by atoms with E-state index in [2.05, 4.69) is 34.1 Å². The summed E-state index contributed by atoms with van der Waals surface area (Å²) in [5.41, 5.74) is 2.32. The molecule has 2 aromatic carbocycles. The molecule has 144 valence electrons. The Morgan fingerprint density at radius 3 is 1.19 bits per heavy atom. The molecule has 0 saturated carbocycles. The first-order valence-corrected chi connectivity index (χ1v) is 10.9. The predicted octanol–water partition coefficient (Wildman–Crippen LogP) is 1.88. The summed E-state index contributed by atoms with van der Waals surface area (Å²) in [4.78, 5) is 4.50. The lowest BCUT2D eigenvalue weighted by molar-refractivity contribution is 0.314. The summed E-state index contributed by atoms with van der Waals surface area (Å²) in [5.74, 6) is 0. The zero-order valence-corrected chi connectivity index (χ0v) is 16.3. The van der Waals surface area contributed by atoms with Crippen molar-refractivity contribution in [1.82, 2.24) is 8.61 Å². The summed E-state index contributed by atoms with van der Waals surface area (Å²) in [6.45, 7) is 5.07. The Kier molecular flexibility index (Phi) is 5.33. The van der Waals surface area contributed by atoms with Gasteiger partial charge < -0.3 is 9.80 Å². The largest absolute Gasteiger partial charge is 0.369 e. The van der Waals surface area contributed by atoms with E-state index in [-0.39, 0.29) is 0 Å². The normalized spacial score (nSPS) is 20.0. The first kappa shape index (κ1) is 18.3. The third-order valence-electron chi connectivity index (χ3n) is 5.37. The third kappa shape index (κ3) is 3.95. The minimum atomic E-state index is -3.38. The molecule has 0 aliphatic carbocycles. The summed E-state index contributed by atoms with van der Waals surface area (Å²) < 4.78 is 29.4. The molecule has 2 aliphatic heterocycles. The smallest absolute Gasteiger partial charge is 0.282 e. The average Bonchev–Trinajstić information content (AvgIpc) is 2.75. The molecular formula is C20H26N4O2S. The minimum absolute atomic E-state index is 0.538. The molecule has 0 radical (unpaired) electrons. The maximum atomic E-state index is 13.0. The number of rotatable bonds is 4. The Morgan fingerprint density at radius 1 is 0.519 bits per heavy atom. The molecule has 2 aromatic rings. The van der Waals surface area contributed by atoms with Crippen LogP contribution < -0.4 is 9.80 Å². The molecule has 2 fully saturated rings. The van der Waals surface area contributed by atoms with Crippen LogP contribution in [-0.2, 0) is 10.2 Å². The molecule has 0 N–H and O–H groups in total. The van der Waals surface area contributed by atoms with Crippen molar-refractivity contribution in [1.29, 1.82) is 0 Å². The first-order chi connectivity index (χ1) is 13.1. The first-order valence-electron chi connectivity index (χ1n) is 9.50. The fraction of sp³-hybridized carbons (Fsp3) is 0.400. The topological polar surface area (TPSA) is 47.1 Å². The molecule has 0 unspecified atom stereocenters. The van der Waals surface area contributed by atoms with Gasteiger partial charge in [0, 0.05) is 63.7 Å². The van der Waals surface area contributed by atoms with E-state index < -0.39 is 10.2 Å². The van der Waals surface area contributed by atoms with E-state index in [9.17, 15) is 8.42 Å². The Hall–Kier alpha value is -2.09. The monoisotopic (exact) mass is 386 g/mol. The van der Waals surface area contributed by atoms with E-state index in [0.29, 0.717) is 26.2 Å². The van der Waals surface area contributed by atoms with Crippen molar-refractivity contribution in [3.63, 3.8) is 0 Å². The lowest BCUT2D eigenvalue weighted by atomic mass is 10.2. The highest BCUT2D eigenvalue weighted by atomic mass is 32.2. The van der Waals surface area contributed by atoms with Crippen LogP contribution in [-0.4, -0.2) is 69.4 Å². The van der Waals surface area contributed by atoms with Crippen molar-refractivity contribution >= 4 is 21.6 Å². The molecule has 2 heterocycles. The van der Waals surface area contributed by atoms with Gasteiger partial charge in [0.05, 0.1) is 0 Å². The summed E-state index contributed by atoms with van der Waals surface area (Å²) >= 11 is 0. The second kappa shape index (κ2) is 7.88. The Bertz CT molecular complexity index is 763. The summed E-state index contributed by atoms with van der Waals surface area (Å²) in [6.07, 6.45) is 0. The number of benzene rings is 2. The molecule has 0 bridgehead atoms. The number of hydrogen-bond acceptors (Lipinski definition) is 4. The van der Waals surface area contributed by atoms with Crippen LogP contribution in [0.3, 0.4) is 0 Å². The van der Waals surface area contributed by atoms with Gasteiger partial charge in [0.1, 0.15) is 0 Å². The SMILES string of the molecule is O=S(=O)(N1CCN(c2ccccc2)CC1)N1CCN(c2ccccc2)CC1. The summed E-state index contributed by atoms with van der Waals surface area (Å²) in [6, 6.07) is 20.4. The lowest BCUT2D eigenvalue weighted by Crippen LogP contribution is -2.57. The summed E-state index contributed by atoms with van der Waals surface area (Å²) in [7, 11) is -3.38. The lowest BCUT2D eigenvalue weighted by Gasteiger charge is -2.40. The van der Waals surface area contributed by atoms with Crippen molar-refractivity contribution in [2.45, 2.75) is 0 Å². The molecule has 2 saturated heterocycles. The van der Waals surface area contributed by atoms with Gasteiger partial charge in [-0.05, 0) is 24.3 Å². The van der Waals surface area contributed by atoms with Gasteiger partial charge in [0.2, 0.25) is 0 Å². The van der Waals surface area contributed by atoms with Crippen molar-refractivity contribution in [2.75, 3.05) is 62.2 Å². The molecule has 0 aromatic heterocycles. The Labute approximate surface area is 161 Å². The zero-order valence-electron chi connectivity index (χ0n) is 15.4. The fourth-order valence-corrected chi connectivity index (χ4v) is 5.37. The van der Waals surface area contributed by atoms with Crippen LogP contribution in [0.2, 0.25) is 0 Å². The molecule has 2 aliphatic rings. The fourth-order valence-electron chi connectivity index (χ4n) is 3.79. The van der Waals surface area contributed by atoms with Crippen molar-refractivity contribution < 1.29 is 8.42 Å². The van der Waals surface area contributed by atoms with Crippen molar-refractivity contribution in [3.8, 4) is 0 Å². The minimum Gasteiger partial charge on any atom is -0.369 e. The van der Waals surface area contributed by atoms with Crippen LogP contribution in [0.25, 0.3) is 0 Å². The highest BCUT2D eigenvalue weighted by molar-refractivity contribution is 7.86. The Balaban J connectivity index is 1.34. The van der Waals surface area contributed by atoms with Crippen LogP contribution in [0.4, 0.5) is 11.4 Å². The number of hydrogen-bond donors (Lipinski definition) is 0. The van der Waals surface area contributed by atoms with Crippen LogP contribution in [0.1, 0.15) is 0 Å². The van der Waals surface area contributed by atoms with Crippen molar-refractivity contribution in [3.05, 3.63) is 60.7 Å². The average molecular weight is 387 g/mol. The highest BCUT2D eigenvalue weighted by Gasteiger charge is 2.34. The molecule has 27 heavy (non-hydrogen) atoms. The van der Waals surface area contributed by atoms with E-state index in [1.807, 2.05) is 36.4 Å². The number of para-hydroxylation sites is 2. The molecule has 4 rings (SSSR count). The zero-order chi connectivity index (χ0) is 18.7. The van der Waals surface area contributed by atoms with E-state index in [1.165, 1.54) is 0 Å². The van der Waals surface area contributed by atoms with Gasteiger partial charge >= 0.3 is 0 Å². The van der Waals surface area contributed by atoms with Crippen LogP contribution in [0, 0.1) is 0 Å². The van der Waals surface area contributed by atoms with Crippen LogP contribution in [0.5, 0.6) is 0 Å². The van der Waals surface area contributed by atoms with E-state index in [4.69, 9.17) is 0 Å². The quantitative estimate of drug-likeness (QED) is 0.805. The standard InChI is InChI=1S/C20H26N4O2S/c25-27(26,23-15-11-21(12-16-23)19-7-3-1-4-8-19)24-17-13-22(14-18-24)20-9-5-2-6-10-20/h1-10H,11-18H2.